The Morgan fingerprint density at radius 2 is 2.14 bits per heavy atom. The van der Waals surface area contributed by atoms with E-state index in [1.165, 1.54) is 18.4 Å². The van der Waals surface area contributed by atoms with Crippen LogP contribution in [0.4, 0.5) is 0 Å². The number of nitrogens with one attached hydrogen (secondary N) is 1. The average Bonchev–Trinajstić information content (AvgIpc) is 3.08. The van der Waals surface area contributed by atoms with Crippen molar-refractivity contribution in [3.63, 3.8) is 0 Å². The first kappa shape index (κ1) is 16.6. The Labute approximate surface area is 139 Å². The molecular formula is C12H12BrNO4S3. The number of halogens is 1. The summed E-state index contributed by atoms with van der Waals surface area (Å²) in [5.41, 5.74) is 0. The van der Waals surface area contributed by atoms with Crippen LogP contribution in [0.25, 0.3) is 0 Å². The number of methoxy groups -OCH3 is 1. The Balaban J connectivity index is 2.27. The fourth-order valence-electron chi connectivity index (χ4n) is 1.65. The van der Waals surface area contributed by atoms with Gasteiger partial charge in [-0.1, -0.05) is 6.07 Å². The smallest absolute Gasteiger partial charge is 0.307 e. The number of hydrogen-bond acceptors (Lipinski definition) is 6. The fraction of sp³-hybridized carbons (Fsp3) is 0.250. The number of hydrogen-bond donors (Lipinski definition) is 1. The van der Waals surface area contributed by atoms with E-state index in [1.807, 2.05) is 5.38 Å². The quantitative estimate of drug-likeness (QED) is 0.743. The molecule has 1 unspecified atom stereocenters. The second kappa shape index (κ2) is 7.01. The Hall–Kier alpha value is -0.740. The van der Waals surface area contributed by atoms with E-state index in [0.29, 0.717) is 4.47 Å². The van der Waals surface area contributed by atoms with Crippen molar-refractivity contribution in [2.75, 3.05) is 7.11 Å². The average molecular weight is 410 g/mol. The highest BCUT2D eigenvalue weighted by atomic mass is 79.9. The van der Waals surface area contributed by atoms with Crippen LogP contribution in [-0.2, 0) is 19.6 Å². The molecule has 0 saturated carbocycles. The molecule has 0 bridgehead atoms. The molecule has 0 aliphatic rings. The van der Waals surface area contributed by atoms with Crippen LogP contribution in [0.5, 0.6) is 0 Å². The molecule has 0 amide bonds. The molecule has 0 aromatic carbocycles. The zero-order valence-electron chi connectivity index (χ0n) is 10.9. The van der Waals surface area contributed by atoms with Crippen LogP contribution in [0, 0.1) is 0 Å². The molecule has 1 atom stereocenters. The van der Waals surface area contributed by atoms with Crippen molar-refractivity contribution in [3.05, 3.63) is 38.3 Å². The van der Waals surface area contributed by atoms with Gasteiger partial charge < -0.3 is 4.74 Å². The Morgan fingerprint density at radius 3 is 2.67 bits per heavy atom. The van der Waals surface area contributed by atoms with Crippen molar-refractivity contribution in [3.8, 4) is 0 Å². The number of esters is 1. The second-order valence-electron chi connectivity index (χ2n) is 4.03. The number of thiophene rings is 2. The molecule has 0 spiro atoms. The van der Waals surface area contributed by atoms with Gasteiger partial charge in [-0.2, -0.15) is 0 Å². The van der Waals surface area contributed by atoms with Crippen molar-refractivity contribution in [1.82, 2.24) is 4.72 Å². The molecule has 5 nitrogen and oxygen atoms in total. The van der Waals surface area contributed by atoms with Gasteiger partial charge in [0.1, 0.15) is 4.21 Å². The molecule has 0 aliphatic heterocycles. The highest BCUT2D eigenvalue weighted by molar-refractivity contribution is 9.10. The van der Waals surface area contributed by atoms with Crippen molar-refractivity contribution in [2.45, 2.75) is 16.7 Å². The third-order valence-corrected chi connectivity index (χ3v) is 7.74. The monoisotopic (exact) mass is 409 g/mol. The van der Waals surface area contributed by atoms with Crippen LogP contribution in [-0.4, -0.2) is 21.5 Å². The second-order valence-corrected chi connectivity index (χ2v) is 8.68. The van der Waals surface area contributed by atoms with Crippen LogP contribution < -0.4 is 4.72 Å². The summed E-state index contributed by atoms with van der Waals surface area (Å²) in [6.45, 7) is 0. The van der Waals surface area contributed by atoms with E-state index in [9.17, 15) is 13.2 Å². The van der Waals surface area contributed by atoms with Crippen LogP contribution in [0.2, 0.25) is 0 Å². The van der Waals surface area contributed by atoms with Gasteiger partial charge in [0.2, 0.25) is 0 Å². The maximum Gasteiger partial charge on any atom is 0.307 e. The molecule has 0 saturated heterocycles. The summed E-state index contributed by atoms with van der Waals surface area (Å²) in [4.78, 5) is 12.3. The first-order valence-corrected chi connectivity index (χ1v) is 9.83. The highest BCUT2D eigenvalue weighted by Crippen LogP contribution is 2.30. The normalized spacial score (nSPS) is 13.0. The Bertz CT molecular complexity index is 709. The van der Waals surface area contributed by atoms with Crippen molar-refractivity contribution < 1.29 is 17.9 Å². The number of carbonyl (C=O) groups excluding carboxylic acids is 1. The number of carbonyl (C=O) groups is 1. The lowest BCUT2D eigenvalue weighted by Gasteiger charge is -2.16. The first-order valence-electron chi connectivity index (χ1n) is 5.79. The number of sulfonamides is 1. The zero-order valence-corrected chi connectivity index (χ0v) is 14.9. The van der Waals surface area contributed by atoms with Gasteiger partial charge in [0.25, 0.3) is 10.0 Å². The van der Waals surface area contributed by atoms with Gasteiger partial charge in [-0.15, -0.1) is 22.7 Å². The van der Waals surface area contributed by atoms with E-state index < -0.39 is 22.0 Å². The molecule has 2 aromatic heterocycles. The molecule has 0 aliphatic carbocycles. The van der Waals surface area contributed by atoms with Gasteiger partial charge in [-0.25, -0.2) is 13.1 Å². The third-order valence-electron chi connectivity index (χ3n) is 2.61. The molecule has 2 heterocycles. The summed E-state index contributed by atoms with van der Waals surface area (Å²) >= 11 is 5.70. The van der Waals surface area contributed by atoms with Gasteiger partial charge in [0.15, 0.2) is 0 Å². The maximum atomic E-state index is 12.4. The summed E-state index contributed by atoms with van der Waals surface area (Å²) in [6.07, 6.45) is -0.0563. The molecular weight excluding hydrogens is 398 g/mol. The fourth-order valence-corrected chi connectivity index (χ4v) is 6.07. The predicted octanol–water partition coefficient (Wildman–Crippen LogP) is 3.15. The lowest BCUT2D eigenvalue weighted by molar-refractivity contribution is -0.141. The van der Waals surface area contributed by atoms with Crippen LogP contribution >= 0.6 is 38.6 Å². The van der Waals surface area contributed by atoms with Crippen molar-refractivity contribution in [1.29, 1.82) is 0 Å². The Morgan fingerprint density at radius 1 is 1.38 bits per heavy atom. The summed E-state index contributed by atoms with van der Waals surface area (Å²) in [7, 11) is -2.43. The molecule has 9 heteroatoms. The van der Waals surface area contributed by atoms with E-state index in [2.05, 4.69) is 25.4 Å². The van der Waals surface area contributed by atoms with Gasteiger partial charge >= 0.3 is 5.97 Å². The molecule has 114 valence electrons. The standard InChI is InChI=1S/C12H12BrNO4S3/c1-18-11(15)7-9(10-3-2-5-19-10)14-21(16,17)12-8(13)4-6-20-12/h2-6,9,14H,7H2,1H3. The summed E-state index contributed by atoms with van der Waals surface area (Å²) in [5.74, 6) is -0.471. The zero-order chi connectivity index (χ0) is 15.5. The van der Waals surface area contributed by atoms with Crippen LogP contribution in [0.1, 0.15) is 17.3 Å². The van der Waals surface area contributed by atoms with E-state index >= 15 is 0 Å². The minimum absolute atomic E-state index is 0.0563. The number of rotatable bonds is 6. The van der Waals surface area contributed by atoms with Gasteiger partial charge in [-0.05, 0) is 38.8 Å². The minimum atomic E-state index is -3.71. The highest BCUT2D eigenvalue weighted by Gasteiger charge is 2.27. The van der Waals surface area contributed by atoms with E-state index in [-0.39, 0.29) is 10.6 Å². The summed E-state index contributed by atoms with van der Waals surface area (Å²) in [5, 5.41) is 3.51. The molecule has 21 heavy (non-hydrogen) atoms. The summed E-state index contributed by atoms with van der Waals surface area (Å²) < 4.78 is 32.7. The maximum absolute atomic E-state index is 12.4. The largest absolute Gasteiger partial charge is 0.469 e. The van der Waals surface area contributed by atoms with E-state index in [4.69, 9.17) is 0 Å². The van der Waals surface area contributed by atoms with Gasteiger partial charge in [-0.3, -0.25) is 4.79 Å². The molecule has 0 radical (unpaired) electrons. The summed E-state index contributed by atoms with van der Waals surface area (Å²) in [6, 6.07) is 4.61. The van der Waals surface area contributed by atoms with Crippen molar-refractivity contribution in [2.24, 2.45) is 0 Å². The minimum Gasteiger partial charge on any atom is -0.469 e. The van der Waals surface area contributed by atoms with Crippen LogP contribution in [0.3, 0.4) is 0 Å². The molecule has 2 rings (SSSR count). The third kappa shape index (κ3) is 4.13. The van der Waals surface area contributed by atoms with Crippen LogP contribution in [0.15, 0.2) is 37.6 Å². The molecule has 2 aromatic rings. The predicted molar refractivity (Wildman–Crippen MR) is 86.0 cm³/mol. The van der Waals surface area contributed by atoms with E-state index in [1.54, 1.807) is 23.6 Å². The number of ether oxygens (including phenoxy) is 1. The van der Waals surface area contributed by atoms with Gasteiger partial charge in [0.05, 0.1) is 19.6 Å². The molecule has 1 N–H and O–H groups in total. The topological polar surface area (TPSA) is 72.5 Å². The Kier molecular flexibility index (Phi) is 5.55. The first-order chi connectivity index (χ1) is 9.94. The lowest BCUT2D eigenvalue weighted by atomic mass is 10.2. The lowest BCUT2D eigenvalue weighted by Crippen LogP contribution is -2.29. The van der Waals surface area contributed by atoms with E-state index in [0.717, 1.165) is 16.2 Å². The van der Waals surface area contributed by atoms with Crippen molar-refractivity contribution >= 4 is 54.6 Å². The van der Waals surface area contributed by atoms with Gasteiger partial charge in [0, 0.05) is 9.35 Å². The SMILES string of the molecule is COC(=O)CC(NS(=O)(=O)c1sccc1Br)c1cccs1. The molecule has 0 fully saturated rings.